The van der Waals surface area contributed by atoms with Crippen LogP contribution in [-0.4, -0.2) is 23.4 Å². The molecular weight excluding hydrogens is 232 g/mol. The Morgan fingerprint density at radius 1 is 1.53 bits per heavy atom. The van der Waals surface area contributed by atoms with E-state index in [1.165, 1.54) is 5.56 Å². The van der Waals surface area contributed by atoms with Gasteiger partial charge in [0, 0.05) is 6.54 Å². The average molecular weight is 252 g/mol. The summed E-state index contributed by atoms with van der Waals surface area (Å²) >= 11 is 1.68. The predicted molar refractivity (Wildman–Crippen MR) is 70.8 cm³/mol. The lowest BCUT2D eigenvalue weighted by atomic mass is 10.1. The first kappa shape index (κ1) is 12.6. The third-order valence-electron chi connectivity index (χ3n) is 3.08. The molecule has 94 valence electrons. The second kappa shape index (κ2) is 5.19. The van der Waals surface area contributed by atoms with E-state index < -0.39 is 0 Å². The molecule has 1 N–H and O–H groups in total. The second-order valence-corrected chi connectivity index (χ2v) is 5.75. The van der Waals surface area contributed by atoms with Crippen molar-refractivity contribution in [1.29, 1.82) is 0 Å². The van der Waals surface area contributed by atoms with Crippen LogP contribution in [0.3, 0.4) is 0 Å². The Balaban J connectivity index is 2.21. The number of amides is 1. The number of carbonyl (C=O) groups excluding carboxylic acids is 1. The number of thiophene rings is 1. The van der Waals surface area contributed by atoms with Crippen molar-refractivity contribution in [2.45, 2.75) is 39.4 Å². The van der Waals surface area contributed by atoms with Crippen LogP contribution in [0.4, 0.5) is 0 Å². The van der Waals surface area contributed by atoms with Crippen molar-refractivity contribution in [2.24, 2.45) is 5.92 Å². The Bertz CT molecular complexity index is 375. The van der Waals surface area contributed by atoms with Crippen molar-refractivity contribution >= 4 is 17.2 Å². The molecule has 2 rings (SSSR count). The van der Waals surface area contributed by atoms with Gasteiger partial charge in [-0.1, -0.05) is 20.8 Å². The molecule has 2 atom stereocenters. The van der Waals surface area contributed by atoms with E-state index >= 15 is 0 Å². The Labute approximate surface area is 107 Å². The first-order chi connectivity index (χ1) is 8.13. The summed E-state index contributed by atoms with van der Waals surface area (Å²) in [4.78, 5) is 14.2. The minimum absolute atomic E-state index is 0.0151. The average Bonchev–Trinajstić information content (AvgIpc) is 2.88. The number of rotatable bonds is 4. The van der Waals surface area contributed by atoms with Crippen LogP contribution in [0.5, 0.6) is 0 Å². The van der Waals surface area contributed by atoms with Gasteiger partial charge in [0.2, 0.25) is 5.91 Å². The molecule has 0 aromatic carbocycles. The molecule has 1 aliphatic rings. The number of nitrogens with one attached hydrogen (secondary N) is 1. The molecule has 0 spiro atoms. The SMILES string of the molecule is CCC1NC(c2ccsc2)N(CC(C)C)C1=O. The molecular formula is C13H20N2OS. The van der Waals surface area contributed by atoms with Gasteiger partial charge in [0.1, 0.15) is 6.17 Å². The van der Waals surface area contributed by atoms with E-state index in [4.69, 9.17) is 0 Å². The summed E-state index contributed by atoms with van der Waals surface area (Å²) < 4.78 is 0. The summed E-state index contributed by atoms with van der Waals surface area (Å²) in [6.45, 7) is 7.18. The van der Waals surface area contributed by atoms with Crippen molar-refractivity contribution in [3.8, 4) is 0 Å². The van der Waals surface area contributed by atoms with E-state index in [0.717, 1.165) is 13.0 Å². The number of nitrogens with zero attached hydrogens (tertiary/aromatic N) is 1. The quantitative estimate of drug-likeness (QED) is 0.893. The second-order valence-electron chi connectivity index (χ2n) is 4.97. The fraction of sp³-hybridized carbons (Fsp3) is 0.615. The highest BCUT2D eigenvalue weighted by atomic mass is 32.1. The maximum Gasteiger partial charge on any atom is 0.241 e. The summed E-state index contributed by atoms with van der Waals surface area (Å²) in [6, 6.07) is 2.08. The molecule has 17 heavy (non-hydrogen) atoms. The van der Waals surface area contributed by atoms with Crippen LogP contribution in [0.2, 0.25) is 0 Å². The maximum absolute atomic E-state index is 12.2. The summed E-state index contributed by atoms with van der Waals surface area (Å²) in [7, 11) is 0. The zero-order valence-electron chi connectivity index (χ0n) is 10.6. The van der Waals surface area contributed by atoms with Crippen LogP contribution in [0.1, 0.15) is 38.9 Å². The van der Waals surface area contributed by atoms with E-state index in [2.05, 4.69) is 42.9 Å². The zero-order valence-corrected chi connectivity index (χ0v) is 11.5. The van der Waals surface area contributed by atoms with E-state index in [1.54, 1.807) is 11.3 Å². The van der Waals surface area contributed by atoms with Gasteiger partial charge >= 0.3 is 0 Å². The highest BCUT2D eigenvalue weighted by Gasteiger charge is 2.38. The molecule has 0 saturated carbocycles. The van der Waals surface area contributed by atoms with Crippen molar-refractivity contribution < 1.29 is 4.79 Å². The minimum atomic E-state index is -0.0151. The molecule has 4 heteroatoms. The zero-order chi connectivity index (χ0) is 12.4. The summed E-state index contributed by atoms with van der Waals surface area (Å²) in [5.74, 6) is 0.745. The largest absolute Gasteiger partial charge is 0.321 e. The predicted octanol–water partition coefficient (Wildman–Crippen LogP) is 2.61. The molecule has 1 amide bonds. The molecule has 0 radical (unpaired) electrons. The lowest BCUT2D eigenvalue weighted by Gasteiger charge is -2.25. The third-order valence-corrected chi connectivity index (χ3v) is 3.78. The molecule has 2 heterocycles. The molecule has 1 saturated heterocycles. The van der Waals surface area contributed by atoms with E-state index in [-0.39, 0.29) is 18.1 Å². The lowest BCUT2D eigenvalue weighted by molar-refractivity contribution is -0.130. The van der Waals surface area contributed by atoms with Gasteiger partial charge in [0.25, 0.3) is 0 Å². The van der Waals surface area contributed by atoms with Gasteiger partial charge in [-0.25, -0.2) is 0 Å². The normalized spacial score (nSPS) is 24.9. The Morgan fingerprint density at radius 2 is 2.29 bits per heavy atom. The molecule has 3 nitrogen and oxygen atoms in total. The highest BCUT2D eigenvalue weighted by molar-refractivity contribution is 7.07. The Morgan fingerprint density at radius 3 is 2.82 bits per heavy atom. The number of hydrogen-bond acceptors (Lipinski definition) is 3. The van der Waals surface area contributed by atoms with Crippen LogP contribution in [0.15, 0.2) is 16.8 Å². The highest BCUT2D eigenvalue weighted by Crippen LogP contribution is 2.28. The van der Waals surface area contributed by atoms with E-state index in [9.17, 15) is 4.79 Å². The smallest absolute Gasteiger partial charge is 0.241 e. The Hall–Kier alpha value is -0.870. The standard InChI is InChI=1S/C13H20N2OS/c1-4-11-13(16)15(7-9(2)3)12(14-11)10-5-6-17-8-10/h5-6,8-9,11-12,14H,4,7H2,1-3H3. The van der Waals surface area contributed by atoms with Crippen LogP contribution < -0.4 is 5.32 Å². The molecule has 2 unspecified atom stereocenters. The molecule has 1 aromatic heterocycles. The van der Waals surface area contributed by atoms with E-state index in [1.807, 2.05) is 4.90 Å². The molecule has 0 bridgehead atoms. The van der Waals surface area contributed by atoms with Gasteiger partial charge in [-0.15, -0.1) is 0 Å². The summed E-state index contributed by atoms with van der Waals surface area (Å²) in [5, 5.41) is 7.62. The third kappa shape index (κ3) is 2.53. The van der Waals surface area contributed by atoms with Gasteiger partial charge in [0.15, 0.2) is 0 Å². The monoisotopic (exact) mass is 252 g/mol. The fourth-order valence-corrected chi connectivity index (χ4v) is 2.95. The van der Waals surface area contributed by atoms with Crippen molar-refractivity contribution in [3.05, 3.63) is 22.4 Å². The van der Waals surface area contributed by atoms with Crippen LogP contribution in [0, 0.1) is 5.92 Å². The first-order valence-corrected chi connectivity index (χ1v) is 7.16. The number of hydrogen-bond donors (Lipinski definition) is 1. The molecule has 1 aliphatic heterocycles. The van der Waals surface area contributed by atoms with E-state index in [0.29, 0.717) is 5.92 Å². The van der Waals surface area contributed by atoms with Crippen molar-refractivity contribution in [3.63, 3.8) is 0 Å². The summed E-state index contributed by atoms with van der Waals surface area (Å²) in [6.07, 6.45) is 0.926. The molecule has 1 aromatic rings. The maximum atomic E-state index is 12.2. The van der Waals surface area contributed by atoms with Gasteiger partial charge in [-0.3, -0.25) is 10.1 Å². The fourth-order valence-electron chi connectivity index (χ4n) is 2.27. The number of carbonyl (C=O) groups is 1. The topological polar surface area (TPSA) is 32.3 Å². The van der Waals surface area contributed by atoms with Gasteiger partial charge in [-0.05, 0) is 34.7 Å². The summed E-state index contributed by atoms with van der Waals surface area (Å²) in [5.41, 5.74) is 1.21. The molecule has 0 aliphatic carbocycles. The van der Waals surface area contributed by atoms with Crippen LogP contribution >= 0.6 is 11.3 Å². The van der Waals surface area contributed by atoms with Gasteiger partial charge in [-0.2, -0.15) is 11.3 Å². The van der Waals surface area contributed by atoms with Crippen molar-refractivity contribution in [2.75, 3.05) is 6.54 Å². The minimum Gasteiger partial charge on any atom is -0.321 e. The lowest BCUT2D eigenvalue weighted by Crippen LogP contribution is -2.33. The van der Waals surface area contributed by atoms with Gasteiger partial charge in [0.05, 0.1) is 6.04 Å². The van der Waals surface area contributed by atoms with Crippen LogP contribution in [0.25, 0.3) is 0 Å². The Kier molecular flexibility index (Phi) is 3.84. The first-order valence-electron chi connectivity index (χ1n) is 6.22. The molecule has 1 fully saturated rings. The van der Waals surface area contributed by atoms with Crippen LogP contribution in [-0.2, 0) is 4.79 Å². The van der Waals surface area contributed by atoms with Gasteiger partial charge < -0.3 is 4.90 Å². The van der Waals surface area contributed by atoms with Crippen molar-refractivity contribution in [1.82, 2.24) is 10.2 Å².